The topological polar surface area (TPSA) is 55.4 Å². The van der Waals surface area contributed by atoms with E-state index >= 15 is 0 Å². The first kappa shape index (κ1) is 16.4. The van der Waals surface area contributed by atoms with E-state index in [1.54, 1.807) is 12.1 Å². The summed E-state index contributed by atoms with van der Waals surface area (Å²) in [5.74, 6) is 0. The summed E-state index contributed by atoms with van der Waals surface area (Å²) >= 11 is 3.16. The van der Waals surface area contributed by atoms with Gasteiger partial charge in [0.1, 0.15) is 6.61 Å². The molecule has 108 valence electrons. The van der Waals surface area contributed by atoms with Gasteiger partial charge in [0.15, 0.2) is 0 Å². The van der Waals surface area contributed by atoms with E-state index in [4.69, 9.17) is 0 Å². The highest BCUT2D eigenvalue weighted by molar-refractivity contribution is 9.10. The van der Waals surface area contributed by atoms with E-state index in [-0.39, 0.29) is 18.0 Å². The Balaban J connectivity index is 2.42. The van der Waals surface area contributed by atoms with Crippen LogP contribution in [0.25, 0.3) is 0 Å². The lowest BCUT2D eigenvalue weighted by molar-refractivity contribution is -0.173. The van der Waals surface area contributed by atoms with Crippen LogP contribution in [-0.2, 0) is 14.8 Å². The van der Waals surface area contributed by atoms with Crippen molar-refractivity contribution >= 4 is 26.0 Å². The van der Waals surface area contributed by atoms with Gasteiger partial charge in [-0.1, -0.05) is 15.9 Å². The first-order valence-corrected chi connectivity index (χ1v) is 7.38. The molecule has 0 radical (unpaired) electrons. The van der Waals surface area contributed by atoms with Crippen LogP contribution in [0.15, 0.2) is 33.6 Å². The second kappa shape index (κ2) is 6.69. The van der Waals surface area contributed by atoms with Gasteiger partial charge in [0.05, 0.1) is 11.5 Å². The lowest BCUT2D eigenvalue weighted by Crippen LogP contribution is -2.29. The lowest BCUT2D eigenvalue weighted by atomic mass is 10.4. The average Bonchev–Trinajstić information content (AvgIpc) is 2.27. The Hall–Kier alpha value is -0.640. The fourth-order valence-corrected chi connectivity index (χ4v) is 2.41. The number of benzene rings is 1. The molecular weight excluding hydrogens is 351 g/mol. The van der Waals surface area contributed by atoms with Crippen LogP contribution < -0.4 is 4.72 Å². The number of halogens is 4. The molecule has 0 aliphatic heterocycles. The summed E-state index contributed by atoms with van der Waals surface area (Å²) in [5, 5.41) is 0. The van der Waals surface area contributed by atoms with Crippen LogP contribution >= 0.6 is 15.9 Å². The molecule has 1 N–H and O–H groups in total. The average molecular weight is 362 g/mol. The van der Waals surface area contributed by atoms with Gasteiger partial charge in [-0.3, -0.25) is 0 Å². The first-order chi connectivity index (χ1) is 8.71. The van der Waals surface area contributed by atoms with Crippen LogP contribution in [0.3, 0.4) is 0 Å². The van der Waals surface area contributed by atoms with Gasteiger partial charge in [-0.2, -0.15) is 13.2 Å². The highest BCUT2D eigenvalue weighted by Crippen LogP contribution is 2.15. The van der Waals surface area contributed by atoms with Crippen molar-refractivity contribution in [2.75, 3.05) is 19.8 Å². The quantitative estimate of drug-likeness (QED) is 0.791. The van der Waals surface area contributed by atoms with Gasteiger partial charge in [0.2, 0.25) is 10.0 Å². The first-order valence-electron chi connectivity index (χ1n) is 5.10. The second-order valence-electron chi connectivity index (χ2n) is 3.52. The molecule has 0 bridgehead atoms. The van der Waals surface area contributed by atoms with Gasteiger partial charge in [0, 0.05) is 11.0 Å². The fourth-order valence-electron chi connectivity index (χ4n) is 1.13. The maximum absolute atomic E-state index is 11.8. The Bertz CT molecular complexity index is 502. The number of sulfonamides is 1. The molecule has 0 unspecified atom stereocenters. The van der Waals surface area contributed by atoms with Crippen molar-refractivity contribution in [3.63, 3.8) is 0 Å². The van der Waals surface area contributed by atoms with Crippen LogP contribution in [0.2, 0.25) is 0 Å². The number of hydrogen-bond donors (Lipinski definition) is 1. The molecule has 0 saturated heterocycles. The lowest BCUT2D eigenvalue weighted by Gasteiger charge is -2.09. The summed E-state index contributed by atoms with van der Waals surface area (Å²) in [6.45, 7) is -1.98. The maximum atomic E-state index is 11.8. The standard InChI is InChI=1S/C10H11BrF3NO3S/c11-8-1-3-9(4-2-8)19(16,17)15-5-6-18-7-10(12,13)14/h1-4,15H,5-7H2. The predicted octanol–water partition coefficient (Wildman–Crippen LogP) is 2.31. The molecule has 19 heavy (non-hydrogen) atoms. The predicted molar refractivity (Wildman–Crippen MR) is 66.2 cm³/mol. The molecule has 4 nitrogen and oxygen atoms in total. The smallest absolute Gasteiger partial charge is 0.371 e. The van der Waals surface area contributed by atoms with Crippen LogP contribution in [0.4, 0.5) is 13.2 Å². The Kier molecular flexibility index (Phi) is 5.78. The van der Waals surface area contributed by atoms with Crippen molar-refractivity contribution in [3.05, 3.63) is 28.7 Å². The Labute approximate surface area is 117 Å². The molecule has 1 rings (SSSR count). The molecule has 9 heteroatoms. The van der Waals surface area contributed by atoms with E-state index in [1.807, 2.05) is 0 Å². The molecule has 0 aromatic heterocycles. The Morgan fingerprint density at radius 2 is 1.79 bits per heavy atom. The molecule has 1 aromatic carbocycles. The van der Waals surface area contributed by atoms with Gasteiger partial charge in [-0.05, 0) is 24.3 Å². The molecular formula is C10H11BrF3NO3S. The zero-order valence-corrected chi connectivity index (χ0v) is 12.0. The number of alkyl halides is 3. The van der Waals surface area contributed by atoms with Gasteiger partial charge in [-0.15, -0.1) is 0 Å². The highest BCUT2D eigenvalue weighted by atomic mass is 79.9. The van der Waals surface area contributed by atoms with E-state index in [9.17, 15) is 21.6 Å². The van der Waals surface area contributed by atoms with Crippen LogP contribution in [0, 0.1) is 0 Å². The summed E-state index contributed by atoms with van der Waals surface area (Å²) in [4.78, 5) is 0.0338. The molecule has 0 aliphatic rings. The minimum atomic E-state index is -4.41. The van der Waals surface area contributed by atoms with E-state index in [0.29, 0.717) is 0 Å². The van der Waals surface area contributed by atoms with Crippen molar-refractivity contribution in [3.8, 4) is 0 Å². The SMILES string of the molecule is O=S(=O)(NCCOCC(F)(F)F)c1ccc(Br)cc1. The number of nitrogens with one attached hydrogen (secondary N) is 1. The van der Waals surface area contributed by atoms with Crippen molar-refractivity contribution in [2.24, 2.45) is 0 Å². The van der Waals surface area contributed by atoms with Crippen molar-refractivity contribution in [1.29, 1.82) is 0 Å². The molecule has 0 spiro atoms. The largest absolute Gasteiger partial charge is 0.411 e. The van der Waals surface area contributed by atoms with Crippen LogP contribution in [0.1, 0.15) is 0 Å². The van der Waals surface area contributed by atoms with E-state index in [0.717, 1.165) is 4.47 Å². The summed E-state index contributed by atoms with van der Waals surface area (Å²) in [5.41, 5.74) is 0. The molecule has 1 aromatic rings. The normalized spacial score (nSPS) is 12.6. The molecule has 0 aliphatic carbocycles. The number of hydrogen-bond acceptors (Lipinski definition) is 3. The summed E-state index contributed by atoms with van der Waals surface area (Å²) in [6.07, 6.45) is -4.41. The second-order valence-corrected chi connectivity index (χ2v) is 6.20. The van der Waals surface area contributed by atoms with Crippen molar-refractivity contribution in [2.45, 2.75) is 11.1 Å². The third-order valence-corrected chi connectivity index (χ3v) is 3.93. The maximum Gasteiger partial charge on any atom is 0.411 e. The summed E-state index contributed by atoms with van der Waals surface area (Å²) < 4.78 is 65.8. The summed E-state index contributed by atoms with van der Waals surface area (Å²) in [7, 11) is -3.73. The van der Waals surface area contributed by atoms with Crippen LogP contribution in [0.5, 0.6) is 0 Å². The van der Waals surface area contributed by atoms with E-state index in [2.05, 4.69) is 25.4 Å². The van der Waals surface area contributed by atoms with Gasteiger partial charge >= 0.3 is 6.18 Å². The van der Waals surface area contributed by atoms with E-state index in [1.165, 1.54) is 12.1 Å². The van der Waals surface area contributed by atoms with Gasteiger partial charge in [0.25, 0.3) is 0 Å². The monoisotopic (exact) mass is 361 g/mol. The zero-order valence-electron chi connectivity index (χ0n) is 9.58. The van der Waals surface area contributed by atoms with Crippen LogP contribution in [-0.4, -0.2) is 34.4 Å². The molecule has 0 amide bonds. The Morgan fingerprint density at radius 1 is 1.21 bits per heavy atom. The van der Waals surface area contributed by atoms with Crippen molar-refractivity contribution < 1.29 is 26.3 Å². The van der Waals surface area contributed by atoms with Gasteiger partial charge in [-0.25, -0.2) is 13.1 Å². The third-order valence-electron chi connectivity index (χ3n) is 1.93. The fraction of sp³-hybridized carbons (Fsp3) is 0.400. The zero-order chi connectivity index (χ0) is 14.5. The molecule has 0 fully saturated rings. The Morgan fingerprint density at radius 3 is 2.32 bits per heavy atom. The molecule has 0 atom stereocenters. The third kappa shape index (κ3) is 6.37. The number of ether oxygens (including phenoxy) is 1. The van der Waals surface area contributed by atoms with Gasteiger partial charge < -0.3 is 4.74 Å². The van der Waals surface area contributed by atoms with Crippen molar-refractivity contribution in [1.82, 2.24) is 4.72 Å². The highest BCUT2D eigenvalue weighted by Gasteiger charge is 2.27. The molecule has 0 heterocycles. The van der Waals surface area contributed by atoms with E-state index < -0.39 is 22.8 Å². The minimum absolute atomic E-state index is 0.0338. The molecule has 0 saturated carbocycles. The summed E-state index contributed by atoms with van der Waals surface area (Å²) in [6, 6.07) is 5.86. The minimum Gasteiger partial charge on any atom is -0.371 e. The number of rotatable bonds is 6.